The van der Waals surface area contributed by atoms with Gasteiger partial charge in [0.2, 0.25) is 0 Å². The van der Waals surface area contributed by atoms with Crippen molar-refractivity contribution in [2.24, 2.45) is 0 Å². The Bertz CT molecular complexity index is 623. The Hall–Kier alpha value is -0.275. The van der Waals surface area contributed by atoms with Crippen molar-refractivity contribution < 1.29 is 0 Å². The van der Waals surface area contributed by atoms with Crippen LogP contribution in [-0.2, 0) is 15.6 Å². The van der Waals surface area contributed by atoms with E-state index in [4.69, 9.17) is 28.9 Å². The van der Waals surface area contributed by atoms with E-state index in [2.05, 4.69) is 91.0 Å². The molecule has 0 aliphatic heterocycles. The molecule has 0 bridgehead atoms. The van der Waals surface area contributed by atoms with Gasteiger partial charge in [-0.3, -0.25) is 0 Å². The van der Waals surface area contributed by atoms with Crippen LogP contribution in [0.1, 0.15) is 16.7 Å². The fraction of sp³-hybridized carbons (Fsp3) is 0.143. The maximum absolute atomic E-state index is 4.99. The van der Waals surface area contributed by atoms with Crippen molar-refractivity contribution in [1.29, 1.82) is 0 Å². The van der Waals surface area contributed by atoms with Crippen LogP contribution in [0.4, 0.5) is 0 Å². The number of hydrogen-bond donors (Lipinski definition) is 0. The summed E-state index contributed by atoms with van der Waals surface area (Å²) >= 11 is -3.05. The quantitative estimate of drug-likeness (QED) is 0.323. The summed E-state index contributed by atoms with van der Waals surface area (Å²) in [5.41, 5.74) is 4.48. The van der Waals surface area contributed by atoms with Gasteiger partial charge in [0.15, 0.2) is 0 Å². The van der Waals surface area contributed by atoms with Crippen molar-refractivity contribution in [3.8, 4) is 0 Å². The molecule has 0 heterocycles. The van der Waals surface area contributed by atoms with E-state index in [0.29, 0.717) is 0 Å². The van der Waals surface area contributed by atoms with Gasteiger partial charge in [-0.2, -0.15) is 0 Å². The molecule has 0 saturated heterocycles. The van der Waals surface area contributed by atoms with Gasteiger partial charge < -0.3 is 0 Å². The van der Waals surface area contributed by atoms with Crippen molar-refractivity contribution in [2.45, 2.75) is 15.6 Å². The second kappa shape index (κ2) is 13.0. The molecule has 0 fully saturated rings. The third-order valence-corrected chi connectivity index (χ3v) is 8.86. The Morgan fingerprint density at radius 1 is 0.500 bits per heavy atom. The van der Waals surface area contributed by atoms with Crippen LogP contribution >= 0.6 is 28.9 Å². The van der Waals surface area contributed by atoms with Crippen LogP contribution in [0.2, 0.25) is 0 Å². The predicted octanol–water partition coefficient (Wildman–Crippen LogP) is 6.51. The molecule has 0 radical (unpaired) electrons. The Labute approximate surface area is 178 Å². The molecule has 134 valence electrons. The standard InChI is InChI=1S/C21H21As.3ClH.Ga/c1-4-10-19(11-5-1)16-22(17-20-12-6-2-7-13-20)18-21-14-8-3-9-15-21;;;;/h1-15H,16-18H2;3*1H;/q;;;;+3/p-3. The molecule has 0 amide bonds. The molecule has 26 heavy (non-hydrogen) atoms. The van der Waals surface area contributed by atoms with E-state index in [0.717, 1.165) is 0 Å². The molecular formula is C21H21AsCl3Ga. The minimum atomic E-state index is -2.06. The summed E-state index contributed by atoms with van der Waals surface area (Å²) in [7, 11) is 15.0. The Morgan fingerprint density at radius 3 is 0.962 bits per heavy atom. The first-order valence-corrected chi connectivity index (χ1v) is 21.9. The summed E-state index contributed by atoms with van der Waals surface area (Å²) in [6.45, 7) is 0. The fourth-order valence-corrected chi connectivity index (χ4v) is 7.97. The van der Waals surface area contributed by atoms with Crippen molar-refractivity contribution in [1.82, 2.24) is 0 Å². The number of benzene rings is 3. The molecule has 0 N–H and O–H groups in total. The summed E-state index contributed by atoms with van der Waals surface area (Å²) in [5.74, 6) is 0. The topological polar surface area (TPSA) is 0 Å². The first-order valence-electron chi connectivity index (χ1n) is 8.40. The van der Waals surface area contributed by atoms with Gasteiger partial charge in [0, 0.05) is 0 Å². The van der Waals surface area contributed by atoms with Gasteiger partial charge in [-0.15, -0.1) is 0 Å². The van der Waals surface area contributed by atoms with Gasteiger partial charge >= 0.3 is 180 Å². The molecule has 0 aromatic heterocycles. The maximum atomic E-state index is 4.99. The predicted molar refractivity (Wildman–Crippen MR) is 120 cm³/mol. The summed E-state index contributed by atoms with van der Waals surface area (Å²) in [5, 5.41) is 3.83. The number of halogens is 3. The second-order valence-electron chi connectivity index (χ2n) is 5.85. The average Bonchev–Trinajstić information content (AvgIpc) is 2.64. The first-order chi connectivity index (χ1) is 12.6. The molecule has 3 rings (SSSR count). The molecule has 0 nitrogen and oxygen atoms in total. The first kappa shape index (κ1) is 22.0. The van der Waals surface area contributed by atoms with Gasteiger partial charge in [0.1, 0.15) is 0 Å². The Kier molecular flexibility index (Phi) is 11.0. The molecular weight excluding hydrogens is 503 g/mol. The Balaban J connectivity index is 0.000000552. The third-order valence-electron chi connectivity index (χ3n) is 3.75. The molecule has 3 aromatic carbocycles. The fourth-order valence-electron chi connectivity index (χ4n) is 2.69. The van der Waals surface area contributed by atoms with Crippen LogP contribution in [0.25, 0.3) is 0 Å². The number of hydrogen-bond acceptors (Lipinski definition) is 0. The van der Waals surface area contributed by atoms with Crippen molar-refractivity contribution >= 4 is 56.8 Å². The monoisotopic (exact) mass is 522 g/mol. The average molecular weight is 524 g/mol. The second-order valence-corrected chi connectivity index (χ2v) is 22.0. The van der Waals surface area contributed by atoms with Gasteiger partial charge in [-0.25, -0.2) is 0 Å². The van der Waals surface area contributed by atoms with Crippen LogP contribution in [-0.4, -0.2) is 27.9 Å². The van der Waals surface area contributed by atoms with Gasteiger partial charge in [0.05, 0.1) is 0 Å². The molecule has 0 unspecified atom stereocenters. The summed E-state index contributed by atoms with van der Waals surface area (Å²) < 4.78 is 0. The SMILES string of the molecule is [Cl][Ga]([Cl])[Cl].c1ccc(C[As](Cc2ccccc2)Cc2ccccc2)cc1. The van der Waals surface area contributed by atoms with Gasteiger partial charge in [0.25, 0.3) is 0 Å². The van der Waals surface area contributed by atoms with Gasteiger partial charge in [-0.05, 0) is 0 Å². The van der Waals surface area contributed by atoms with Crippen molar-refractivity contribution in [3.05, 3.63) is 108 Å². The van der Waals surface area contributed by atoms with Gasteiger partial charge in [-0.1, -0.05) is 0 Å². The van der Waals surface area contributed by atoms with Crippen LogP contribution in [0.3, 0.4) is 0 Å². The van der Waals surface area contributed by atoms with Crippen LogP contribution < -0.4 is 0 Å². The Morgan fingerprint density at radius 2 is 0.731 bits per heavy atom. The molecule has 0 atom stereocenters. The van der Waals surface area contributed by atoms with Crippen LogP contribution in [0, 0.1) is 0 Å². The van der Waals surface area contributed by atoms with E-state index < -0.39 is 27.9 Å². The van der Waals surface area contributed by atoms with Crippen molar-refractivity contribution in [2.75, 3.05) is 0 Å². The van der Waals surface area contributed by atoms with E-state index in [1.807, 2.05) is 0 Å². The molecule has 0 aliphatic rings. The zero-order valence-corrected chi connectivity index (χ0v) is 21.0. The van der Waals surface area contributed by atoms with Crippen molar-refractivity contribution in [3.63, 3.8) is 0 Å². The van der Waals surface area contributed by atoms with E-state index in [9.17, 15) is 0 Å². The zero-order valence-electron chi connectivity index (χ0n) is 14.4. The molecule has 5 heteroatoms. The molecule has 0 saturated carbocycles. The normalized spacial score (nSPS) is 10.2. The number of rotatable bonds is 6. The molecule has 3 aromatic rings. The van der Waals surface area contributed by atoms with E-state index >= 15 is 0 Å². The van der Waals surface area contributed by atoms with E-state index in [1.165, 1.54) is 32.3 Å². The van der Waals surface area contributed by atoms with E-state index in [1.54, 1.807) is 0 Å². The van der Waals surface area contributed by atoms with E-state index in [-0.39, 0.29) is 0 Å². The van der Waals surface area contributed by atoms with Crippen LogP contribution in [0.15, 0.2) is 91.0 Å². The van der Waals surface area contributed by atoms with Crippen LogP contribution in [0.5, 0.6) is 0 Å². The summed E-state index contributed by atoms with van der Waals surface area (Å²) in [6, 6.07) is 32.9. The summed E-state index contributed by atoms with van der Waals surface area (Å²) in [6.07, 6.45) is 0. The molecule has 0 spiro atoms. The third kappa shape index (κ3) is 9.60. The molecule has 0 aliphatic carbocycles. The zero-order chi connectivity index (χ0) is 18.6. The summed E-state index contributed by atoms with van der Waals surface area (Å²) in [4.78, 5) is 0. The minimum absolute atomic E-state index is 0.991.